The summed E-state index contributed by atoms with van der Waals surface area (Å²) < 4.78 is 0. The second kappa shape index (κ2) is 5.62. The number of aliphatic carboxylic acids is 1. The van der Waals surface area contributed by atoms with Crippen LogP contribution in [0, 0.1) is 11.8 Å². The van der Waals surface area contributed by atoms with E-state index in [1.807, 2.05) is 17.1 Å². The van der Waals surface area contributed by atoms with E-state index in [4.69, 9.17) is 10.8 Å². The van der Waals surface area contributed by atoms with Gasteiger partial charge in [0.2, 0.25) is 5.91 Å². The van der Waals surface area contributed by atoms with Gasteiger partial charge in [0.25, 0.3) is 0 Å². The molecule has 0 aromatic heterocycles. The first-order chi connectivity index (χ1) is 7.90. The normalized spacial score (nSPS) is 24.5. The van der Waals surface area contributed by atoms with Crippen molar-refractivity contribution in [3.63, 3.8) is 0 Å². The number of rotatable bonds is 4. The number of carboxylic acid groups (broad SMARTS) is 1. The van der Waals surface area contributed by atoms with E-state index in [-0.39, 0.29) is 18.3 Å². The highest BCUT2D eigenvalue weighted by Gasteiger charge is 2.34. The molecule has 96 valence electrons. The van der Waals surface area contributed by atoms with Crippen molar-refractivity contribution in [1.29, 1.82) is 0 Å². The number of carbonyl (C=O) groups is 3. The molecule has 7 nitrogen and oxygen atoms in total. The second-order valence-corrected chi connectivity index (χ2v) is 4.34. The Morgan fingerprint density at radius 3 is 2.53 bits per heavy atom. The number of amides is 3. The predicted octanol–water partition coefficient (Wildman–Crippen LogP) is -0.776. The molecule has 0 spiro atoms. The summed E-state index contributed by atoms with van der Waals surface area (Å²) >= 11 is 0. The quantitative estimate of drug-likeness (QED) is 0.599. The van der Waals surface area contributed by atoms with Gasteiger partial charge in [-0.2, -0.15) is 0 Å². The monoisotopic (exact) mass is 243 g/mol. The number of nitrogens with zero attached hydrogens (tertiary/aromatic N) is 1. The van der Waals surface area contributed by atoms with Gasteiger partial charge in [-0.25, -0.2) is 4.79 Å². The Morgan fingerprint density at radius 1 is 1.41 bits per heavy atom. The van der Waals surface area contributed by atoms with Crippen LogP contribution in [-0.4, -0.2) is 47.5 Å². The van der Waals surface area contributed by atoms with Crippen LogP contribution in [0.15, 0.2) is 0 Å². The molecule has 17 heavy (non-hydrogen) atoms. The summed E-state index contributed by atoms with van der Waals surface area (Å²) in [4.78, 5) is 34.3. The van der Waals surface area contributed by atoms with Crippen molar-refractivity contribution in [3.05, 3.63) is 0 Å². The summed E-state index contributed by atoms with van der Waals surface area (Å²) in [5, 5.41) is 10.9. The van der Waals surface area contributed by atoms with Crippen LogP contribution in [0.4, 0.5) is 4.79 Å². The summed E-state index contributed by atoms with van der Waals surface area (Å²) in [5.41, 5.74) is 4.80. The van der Waals surface area contributed by atoms with Crippen LogP contribution in [-0.2, 0) is 9.59 Å². The highest BCUT2D eigenvalue weighted by Crippen LogP contribution is 2.22. The van der Waals surface area contributed by atoms with E-state index < -0.39 is 17.9 Å². The summed E-state index contributed by atoms with van der Waals surface area (Å²) in [6.45, 7) is 3.41. The zero-order valence-electron chi connectivity index (χ0n) is 9.68. The lowest BCUT2D eigenvalue weighted by molar-refractivity contribution is -0.142. The van der Waals surface area contributed by atoms with Crippen LogP contribution in [0.1, 0.15) is 13.3 Å². The number of hydrogen-bond acceptors (Lipinski definition) is 4. The Hall–Kier alpha value is -1.63. The molecule has 2 atom stereocenters. The van der Waals surface area contributed by atoms with Crippen molar-refractivity contribution in [2.75, 3.05) is 19.6 Å². The summed E-state index contributed by atoms with van der Waals surface area (Å²) in [5.74, 6) is -1.55. The Kier molecular flexibility index (Phi) is 4.45. The topological polar surface area (TPSA) is 113 Å². The molecule has 0 aromatic carbocycles. The van der Waals surface area contributed by atoms with Gasteiger partial charge in [0.05, 0.1) is 5.92 Å². The zero-order valence-corrected chi connectivity index (χ0v) is 9.68. The number of likely N-dealkylation sites (tertiary alicyclic amines) is 1. The highest BCUT2D eigenvalue weighted by atomic mass is 16.4. The molecule has 0 unspecified atom stereocenters. The number of nitrogens with two attached hydrogens (primary N) is 1. The molecule has 0 bridgehead atoms. The zero-order chi connectivity index (χ0) is 13.0. The van der Waals surface area contributed by atoms with Gasteiger partial charge in [-0.15, -0.1) is 0 Å². The maximum absolute atomic E-state index is 11.2. The van der Waals surface area contributed by atoms with Gasteiger partial charge in [-0.05, 0) is 5.92 Å². The number of nitrogens with one attached hydrogen (secondary N) is 1. The van der Waals surface area contributed by atoms with Crippen LogP contribution in [0.25, 0.3) is 0 Å². The summed E-state index contributed by atoms with van der Waals surface area (Å²) in [7, 11) is 0. The standard InChI is InChI=1S/C10H17N3O4/c1-6-4-13(5-7(6)9(15)16)3-2-8(14)12-10(11)17/h6-7H,2-5H2,1H3,(H,15,16)(H3,11,12,14,17)/t6-,7-/m1/s1. The lowest BCUT2D eigenvalue weighted by Crippen LogP contribution is -2.37. The maximum Gasteiger partial charge on any atom is 0.318 e. The molecular formula is C10H17N3O4. The van der Waals surface area contributed by atoms with E-state index in [1.165, 1.54) is 0 Å². The fraction of sp³-hybridized carbons (Fsp3) is 0.700. The fourth-order valence-electron chi connectivity index (χ4n) is 2.03. The van der Waals surface area contributed by atoms with Gasteiger partial charge in [0, 0.05) is 26.1 Å². The first-order valence-electron chi connectivity index (χ1n) is 5.44. The van der Waals surface area contributed by atoms with Gasteiger partial charge in [0.15, 0.2) is 0 Å². The second-order valence-electron chi connectivity index (χ2n) is 4.34. The van der Waals surface area contributed by atoms with Crippen molar-refractivity contribution in [1.82, 2.24) is 10.2 Å². The highest BCUT2D eigenvalue weighted by molar-refractivity contribution is 5.93. The number of urea groups is 1. The van der Waals surface area contributed by atoms with Gasteiger partial charge in [-0.1, -0.05) is 6.92 Å². The van der Waals surface area contributed by atoms with E-state index in [0.29, 0.717) is 19.6 Å². The van der Waals surface area contributed by atoms with Gasteiger partial charge in [-0.3, -0.25) is 14.9 Å². The summed E-state index contributed by atoms with van der Waals surface area (Å²) in [6, 6.07) is -0.867. The smallest absolute Gasteiger partial charge is 0.318 e. The first-order valence-corrected chi connectivity index (χ1v) is 5.44. The van der Waals surface area contributed by atoms with Gasteiger partial charge < -0.3 is 15.7 Å². The molecule has 0 aliphatic carbocycles. The molecule has 1 saturated heterocycles. The lowest BCUT2D eigenvalue weighted by atomic mass is 9.99. The number of hydrogen-bond donors (Lipinski definition) is 3. The molecule has 4 N–H and O–H groups in total. The largest absolute Gasteiger partial charge is 0.481 e. The van der Waals surface area contributed by atoms with Crippen molar-refractivity contribution in [2.45, 2.75) is 13.3 Å². The molecule has 3 amide bonds. The first kappa shape index (κ1) is 13.4. The lowest BCUT2D eigenvalue weighted by Gasteiger charge is -2.14. The van der Waals surface area contributed by atoms with Crippen LogP contribution in [0.2, 0.25) is 0 Å². The fourth-order valence-corrected chi connectivity index (χ4v) is 2.03. The number of imide groups is 1. The van der Waals surface area contributed by atoms with Crippen LogP contribution in [0.5, 0.6) is 0 Å². The van der Waals surface area contributed by atoms with E-state index in [9.17, 15) is 14.4 Å². The van der Waals surface area contributed by atoms with E-state index >= 15 is 0 Å². The predicted molar refractivity (Wildman–Crippen MR) is 59.1 cm³/mol. The van der Waals surface area contributed by atoms with Crippen molar-refractivity contribution in [2.24, 2.45) is 17.6 Å². The Bertz CT molecular complexity index is 332. The minimum atomic E-state index is -0.867. The number of primary amides is 1. The molecule has 1 aliphatic rings. The number of carboxylic acids is 1. The Balaban J connectivity index is 2.33. The number of carbonyl (C=O) groups excluding carboxylic acids is 2. The maximum atomic E-state index is 11.2. The molecule has 0 radical (unpaired) electrons. The third kappa shape index (κ3) is 4.03. The molecular weight excluding hydrogens is 226 g/mol. The average Bonchev–Trinajstić information content (AvgIpc) is 2.56. The van der Waals surface area contributed by atoms with Crippen molar-refractivity contribution < 1.29 is 19.5 Å². The minimum Gasteiger partial charge on any atom is -0.481 e. The Labute approximate surface area is 98.9 Å². The Morgan fingerprint density at radius 2 is 2.06 bits per heavy atom. The van der Waals surface area contributed by atoms with Gasteiger partial charge >= 0.3 is 12.0 Å². The van der Waals surface area contributed by atoms with E-state index in [0.717, 1.165) is 0 Å². The minimum absolute atomic E-state index is 0.0756. The molecule has 1 rings (SSSR count). The average molecular weight is 243 g/mol. The molecule has 0 saturated carbocycles. The molecule has 1 fully saturated rings. The molecule has 1 aliphatic heterocycles. The molecule has 1 heterocycles. The SMILES string of the molecule is C[C@@H]1CN(CCC(=O)NC(N)=O)C[C@H]1C(=O)O. The van der Waals surface area contributed by atoms with Crippen molar-refractivity contribution in [3.8, 4) is 0 Å². The van der Waals surface area contributed by atoms with Crippen LogP contribution >= 0.6 is 0 Å². The third-order valence-corrected chi connectivity index (χ3v) is 2.92. The molecule has 7 heteroatoms. The van der Waals surface area contributed by atoms with Gasteiger partial charge in [0.1, 0.15) is 0 Å². The van der Waals surface area contributed by atoms with E-state index in [2.05, 4.69) is 0 Å². The third-order valence-electron chi connectivity index (χ3n) is 2.92. The van der Waals surface area contributed by atoms with Crippen LogP contribution in [0.3, 0.4) is 0 Å². The van der Waals surface area contributed by atoms with Crippen molar-refractivity contribution >= 4 is 17.9 Å². The van der Waals surface area contributed by atoms with Crippen LogP contribution < -0.4 is 11.1 Å². The van der Waals surface area contributed by atoms with E-state index in [1.54, 1.807) is 0 Å². The summed E-state index contributed by atoms with van der Waals surface area (Å²) in [6.07, 6.45) is 0.141. The molecule has 0 aromatic rings.